The maximum atomic E-state index is 11.3. The maximum absolute atomic E-state index is 11.3. The van der Waals surface area contributed by atoms with E-state index in [2.05, 4.69) is 4.98 Å². The van der Waals surface area contributed by atoms with Crippen molar-refractivity contribution in [1.29, 1.82) is 0 Å². The molecule has 0 atom stereocenters. The highest BCUT2D eigenvalue weighted by molar-refractivity contribution is 5.90. The number of carbonyl (C=O) groups is 1. The Hall–Kier alpha value is -1.18. The van der Waals surface area contributed by atoms with Crippen LogP contribution in [0.1, 0.15) is 25.3 Å². The molecular formula is C10H11NO. The molecule has 0 N–H and O–H groups in total. The average molecular weight is 161 g/mol. The third kappa shape index (κ3) is 0.951. The molecule has 2 nitrogen and oxygen atoms in total. The van der Waals surface area contributed by atoms with E-state index in [0.29, 0.717) is 0 Å². The molecule has 0 amide bonds. The number of hydrogen-bond acceptors (Lipinski definition) is 2. The van der Waals surface area contributed by atoms with E-state index in [1.807, 2.05) is 12.1 Å². The average Bonchev–Trinajstić information content (AvgIpc) is 2.86. The fourth-order valence-corrected chi connectivity index (χ4v) is 1.61. The Labute approximate surface area is 71.6 Å². The molecule has 0 spiro atoms. The van der Waals surface area contributed by atoms with Gasteiger partial charge in [-0.3, -0.25) is 9.78 Å². The zero-order valence-corrected chi connectivity index (χ0v) is 7.08. The molecule has 0 aliphatic heterocycles. The minimum atomic E-state index is -0.158. The molecule has 0 radical (unpaired) electrons. The quantitative estimate of drug-likeness (QED) is 0.660. The van der Waals surface area contributed by atoms with Crippen LogP contribution in [-0.2, 0) is 10.2 Å². The van der Waals surface area contributed by atoms with Crippen LogP contribution in [0.2, 0.25) is 0 Å². The number of nitrogens with zero attached hydrogens (tertiary/aromatic N) is 1. The van der Waals surface area contributed by atoms with Crippen LogP contribution in [0.25, 0.3) is 0 Å². The first-order chi connectivity index (χ1) is 5.76. The molecule has 1 aliphatic carbocycles. The Morgan fingerprint density at radius 1 is 1.58 bits per heavy atom. The van der Waals surface area contributed by atoms with Gasteiger partial charge in [-0.2, -0.15) is 0 Å². The van der Waals surface area contributed by atoms with Crippen LogP contribution in [0, 0.1) is 0 Å². The Balaban J connectivity index is 2.37. The summed E-state index contributed by atoms with van der Waals surface area (Å²) >= 11 is 0. The number of aromatic nitrogens is 1. The number of carbonyl (C=O) groups excluding carboxylic acids is 1. The van der Waals surface area contributed by atoms with Crippen molar-refractivity contribution in [2.45, 2.75) is 25.2 Å². The van der Waals surface area contributed by atoms with E-state index in [0.717, 1.165) is 18.4 Å². The second kappa shape index (κ2) is 2.41. The first kappa shape index (κ1) is 7.47. The van der Waals surface area contributed by atoms with E-state index in [1.165, 1.54) is 0 Å². The SMILES string of the molecule is CC(=O)C1(c2cccnc2)CC1. The van der Waals surface area contributed by atoms with Gasteiger partial charge in [-0.25, -0.2) is 0 Å². The molecule has 0 saturated heterocycles. The largest absolute Gasteiger partial charge is 0.299 e. The van der Waals surface area contributed by atoms with E-state index in [1.54, 1.807) is 19.3 Å². The Kier molecular flexibility index (Phi) is 1.50. The summed E-state index contributed by atoms with van der Waals surface area (Å²) in [6.45, 7) is 1.67. The first-order valence-electron chi connectivity index (χ1n) is 4.17. The van der Waals surface area contributed by atoms with Crippen molar-refractivity contribution in [2.24, 2.45) is 0 Å². The molecule has 2 heteroatoms. The number of hydrogen-bond donors (Lipinski definition) is 0. The third-order valence-electron chi connectivity index (χ3n) is 2.64. The van der Waals surface area contributed by atoms with Gasteiger partial charge in [0.1, 0.15) is 5.78 Å². The molecule has 0 bridgehead atoms. The minimum absolute atomic E-state index is 0.158. The zero-order chi connectivity index (χ0) is 8.60. The number of rotatable bonds is 2. The summed E-state index contributed by atoms with van der Waals surface area (Å²) in [4.78, 5) is 15.3. The maximum Gasteiger partial charge on any atom is 0.140 e. The van der Waals surface area contributed by atoms with Crippen molar-refractivity contribution in [3.05, 3.63) is 30.1 Å². The van der Waals surface area contributed by atoms with Crippen LogP contribution in [-0.4, -0.2) is 10.8 Å². The summed E-state index contributed by atoms with van der Waals surface area (Å²) in [6, 6.07) is 3.87. The van der Waals surface area contributed by atoms with E-state index in [4.69, 9.17) is 0 Å². The monoisotopic (exact) mass is 161 g/mol. The van der Waals surface area contributed by atoms with Gasteiger partial charge >= 0.3 is 0 Å². The highest BCUT2D eigenvalue weighted by atomic mass is 16.1. The fraction of sp³-hybridized carbons (Fsp3) is 0.400. The van der Waals surface area contributed by atoms with E-state index in [9.17, 15) is 4.79 Å². The normalized spacial score (nSPS) is 18.8. The lowest BCUT2D eigenvalue weighted by Gasteiger charge is -2.09. The first-order valence-corrected chi connectivity index (χ1v) is 4.17. The van der Waals surface area contributed by atoms with Gasteiger partial charge < -0.3 is 0 Å². The molecule has 62 valence electrons. The molecular weight excluding hydrogens is 150 g/mol. The van der Waals surface area contributed by atoms with Crippen molar-refractivity contribution in [3.8, 4) is 0 Å². The van der Waals surface area contributed by atoms with Crippen LogP contribution >= 0.6 is 0 Å². The van der Waals surface area contributed by atoms with Gasteiger partial charge in [0, 0.05) is 12.4 Å². The second-order valence-corrected chi connectivity index (χ2v) is 3.38. The predicted octanol–water partition coefficient (Wildman–Crippen LogP) is 1.70. The van der Waals surface area contributed by atoms with E-state index in [-0.39, 0.29) is 11.2 Å². The molecule has 2 rings (SSSR count). The topological polar surface area (TPSA) is 30.0 Å². The van der Waals surface area contributed by atoms with Crippen LogP contribution in [0.15, 0.2) is 24.5 Å². The lowest BCUT2D eigenvalue weighted by Crippen LogP contribution is -2.16. The van der Waals surface area contributed by atoms with Crippen LogP contribution < -0.4 is 0 Å². The molecule has 1 saturated carbocycles. The van der Waals surface area contributed by atoms with Gasteiger partial charge in [-0.15, -0.1) is 0 Å². The molecule has 1 fully saturated rings. The Morgan fingerprint density at radius 3 is 2.75 bits per heavy atom. The van der Waals surface area contributed by atoms with Crippen molar-refractivity contribution >= 4 is 5.78 Å². The fourth-order valence-electron chi connectivity index (χ4n) is 1.61. The molecule has 1 aliphatic rings. The highest BCUT2D eigenvalue weighted by Gasteiger charge is 2.48. The van der Waals surface area contributed by atoms with Gasteiger partial charge in [0.25, 0.3) is 0 Å². The molecule has 1 heterocycles. The van der Waals surface area contributed by atoms with E-state index < -0.39 is 0 Å². The van der Waals surface area contributed by atoms with Crippen LogP contribution in [0.5, 0.6) is 0 Å². The summed E-state index contributed by atoms with van der Waals surface area (Å²) in [5, 5.41) is 0. The smallest absolute Gasteiger partial charge is 0.140 e. The third-order valence-corrected chi connectivity index (χ3v) is 2.64. The summed E-state index contributed by atoms with van der Waals surface area (Å²) in [5.74, 6) is 0.274. The molecule has 12 heavy (non-hydrogen) atoms. The number of pyridine rings is 1. The standard InChI is InChI=1S/C10H11NO/c1-8(12)10(4-5-10)9-3-2-6-11-7-9/h2-3,6-7H,4-5H2,1H3. The van der Waals surface area contributed by atoms with Crippen LogP contribution in [0.4, 0.5) is 0 Å². The van der Waals surface area contributed by atoms with Gasteiger partial charge in [0.05, 0.1) is 5.41 Å². The Bertz CT molecular complexity index is 301. The van der Waals surface area contributed by atoms with Crippen LogP contribution in [0.3, 0.4) is 0 Å². The lowest BCUT2D eigenvalue weighted by molar-refractivity contribution is -0.119. The summed E-state index contributed by atoms with van der Waals surface area (Å²) in [5.41, 5.74) is 0.923. The second-order valence-electron chi connectivity index (χ2n) is 3.38. The van der Waals surface area contributed by atoms with Gasteiger partial charge in [-0.05, 0) is 31.4 Å². The molecule has 0 unspecified atom stereocenters. The molecule has 1 aromatic heterocycles. The van der Waals surface area contributed by atoms with Gasteiger partial charge in [-0.1, -0.05) is 6.07 Å². The highest BCUT2D eigenvalue weighted by Crippen LogP contribution is 2.48. The summed E-state index contributed by atoms with van der Waals surface area (Å²) < 4.78 is 0. The van der Waals surface area contributed by atoms with Crippen molar-refractivity contribution in [3.63, 3.8) is 0 Å². The minimum Gasteiger partial charge on any atom is -0.299 e. The summed E-state index contributed by atoms with van der Waals surface area (Å²) in [7, 11) is 0. The zero-order valence-electron chi connectivity index (χ0n) is 7.08. The van der Waals surface area contributed by atoms with Crippen molar-refractivity contribution in [1.82, 2.24) is 4.98 Å². The number of Topliss-reactive ketones (excluding diaryl/α,β-unsaturated/α-hetero) is 1. The van der Waals surface area contributed by atoms with Gasteiger partial charge in [0.2, 0.25) is 0 Å². The van der Waals surface area contributed by atoms with E-state index >= 15 is 0 Å². The lowest BCUT2D eigenvalue weighted by atomic mass is 9.94. The predicted molar refractivity (Wildman–Crippen MR) is 45.8 cm³/mol. The summed E-state index contributed by atoms with van der Waals surface area (Å²) in [6.07, 6.45) is 5.52. The van der Waals surface area contributed by atoms with Crippen molar-refractivity contribution < 1.29 is 4.79 Å². The molecule has 1 aromatic rings. The molecule has 0 aromatic carbocycles. The number of ketones is 1. The van der Waals surface area contributed by atoms with Gasteiger partial charge in [0.15, 0.2) is 0 Å². The Morgan fingerprint density at radius 2 is 2.33 bits per heavy atom. The van der Waals surface area contributed by atoms with Crippen molar-refractivity contribution in [2.75, 3.05) is 0 Å².